The summed E-state index contributed by atoms with van der Waals surface area (Å²) in [5.74, 6) is 1.03. The van der Waals surface area contributed by atoms with Gasteiger partial charge in [0.05, 0.1) is 18.2 Å². The quantitative estimate of drug-likeness (QED) is 0.836. The molecule has 1 aromatic carbocycles. The second kappa shape index (κ2) is 6.82. The van der Waals surface area contributed by atoms with Gasteiger partial charge in [-0.25, -0.2) is 9.97 Å². The molecule has 0 spiro atoms. The molecule has 0 N–H and O–H groups in total. The summed E-state index contributed by atoms with van der Waals surface area (Å²) in [6.07, 6.45) is 4.34. The lowest BCUT2D eigenvalue weighted by atomic mass is 10.0. The van der Waals surface area contributed by atoms with Crippen LogP contribution in [0.4, 0.5) is 5.82 Å². The van der Waals surface area contributed by atoms with E-state index in [0.717, 1.165) is 49.5 Å². The Bertz CT molecular complexity index is 717. The van der Waals surface area contributed by atoms with Crippen LogP contribution in [0.5, 0.6) is 0 Å². The first kappa shape index (κ1) is 16.1. The molecule has 5 nitrogen and oxygen atoms in total. The van der Waals surface area contributed by atoms with Gasteiger partial charge in [0.2, 0.25) is 0 Å². The smallest absolute Gasteiger partial charge is 0.139 e. The van der Waals surface area contributed by atoms with Gasteiger partial charge in [0.25, 0.3) is 0 Å². The Hall–Kier alpha value is -1.43. The van der Waals surface area contributed by atoms with Crippen LogP contribution in [-0.2, 0) is 4.74 Å². The minimum absolute atomic E-state index is 0.354. The molecule has 2 aliphatic heterocycles. The molecule has 0 bridgehead atoms. The van der Waals surface area contributed by atoms with Crippen LogP contribution in [0.15, 0.2) is 24.5 Å². The molecule has 2 aliphatic rings. The summed E-state index contributed by atoms with van der Waals surface area (Å²) in [6.45, 7) is 7.21. The molecule has 24 heavy (non-hydrogen) atoms. The van der Waals surface area contributed by atoms with Crippen LogP contribution >= 0.6 is 11.6 Å². The van der Waals surface area contributed by atoms with Crippen molar-refractivity contribution in [3.05, 3.63) is 29.5 Å². The molecule has 0 amide bonds. The number of hydrogen-bond donors (Lipinski definition) is 0. The van der Waals surface area contributed by atoms with Crippen LogP contribution in [0.25, 0.3) is 10.9 Å². The average molecular weight is 347 g/mol. The van der Waals surface area contributed by atoms with E-state index in [1.165, 1.54) is 12.8 Å². The molecule has 128 valence electrons. The van der Waals surface area contributed by atoms with E-state index in [4.69, 9.17) is 16.3 Å². The highest BCUT2D eigenvalue weighted by Gasteiger charge is 2.28. The third-order valence-corrected chi connectivity index (χ3v) is 5.37. The summed E-state index contributed by atoms with van der Waals surface area (Å²) in [7, 11) is 0. The van der Waals surface area contributed by atoms with Crippen molar-refractivity contribution >= 4 is 28.3 Å². The first-order chi connectivity index (χ1) is 11.7. The average Bonchev–Trinajstić information content (AvgIpc) is 2.61. The number of ether oxygens (including phenoxy) is 1. The number of piperidine rings is 1. The molecule has 2 fully saturated rings. The van der Waals surface area contributed by atoms with Crippen molar-refractivity contribution < 1.29 is 4.74 Å². The van der Waals surface area contributed by atoms with Gasteiger partial charge in [-0.05, 0) is 38.0 Å². The van der Waals surface area contributed by atoms with Crippen LogP contribution in [0.2, 0.25) is 5.02 Å². The molecular formula is C18H23ClN4O. The van der Waals surface area contributed by atoms with Gasteiger partial charge in [0, 0.05) is 42.6 Å². The van der Waals surface area contributed by atoms with Gasteiger partial charge < -0.3 is 9.64 Å². The molecule has 6 heteroatoms. The molecule has 1 atom stereocenters. The molecule has 1 unspecified atom stereocenters. The van der Waals surface area contributed by atoms with Crippen molar-refractivity contribution in [2.75, 3.05) is 37.7 Å². The van der Waals surface area contributed by atoms with Gasteiger partial charge in [0.1, 0.15) is 12.1 Å². The van der Waals surface area contributed by atoms with E-state index in [2.05, 4.69) is 26.7 Å². The molecule has 0 aliphatic carbocycles. The van der Waals surface area contributed by atoms with Gasteiger partial charge in [-0.3, -0.25) is 4.90 Å². The summed E-state index contributed by atoms with van der Waals surface area (Å²) in [5, 5.41) is 1.80. The summed E-state index contributed by atoms with van der Waals surface area (Å²) in [6, 6.07) is 6.51. The molecule has 3 heterocycles. The van der Waals surface area contributed by atoms with Crippen LogP contribution in [0.1, 0.15) is 19.8 Å². The first-order valence-corrected chi connectivity index (χ1v) is 9.09. The van der Waals surface area contributed by atoms with Crippen LogP contribution in [0, 0.1) is 0 Å². The van der Waals surface area contributed by atoms with Crippen molar-refractivity contribution in [1.82, 2.24) is 14.9 Å². The normalized spacial score (nSPS) is 23.8. The second-order valence-electron chi connectivity index (χ2n) is 6.75. The van der Waals surface area contributed by atoms with Crippen molar-refractivity contribution in [3.8, 4) is 0 Å². The van der Waals surface area contributed by atoms with Gasteiger partial charge in [0.15, 0.2) is 0 Å². The third-order valence-electron chi connectivity index (χ3n) is 5.13. The zero-order valence-electron chi connectivity index (χ0n) is 14.0. The zero-order valence-corrected chi connectivity index (χ0v) is 14.7. The summed E-state index contributed by atoms with van der Waals surface area (Å²) < 4.78 is 5.67. The SMILES string of the molecule is CC1CN(C2CCN(c3ncnc4cc(Cl)ccc34)CC2)CCO1. The fraction of sp³-hybridized carbons (Fsp3) is 0.556. The Labute approximate surface area is 147 Å². The second-order valence-corrected chi connectivity index (χ2v) is 7.19. The number of fused-ring (bicyclic) bond motifs is 1. The standard InChI is InChI=1S/C18H23ClN4O/c1-13-11-23(8-9-24-13)15-4-6-22(7-5-15)18-16-3-2-14(19)10-17(16)20-12-21-18/h2-3,10,12-13,15H,4-9,11H2,1H3. The highest BCUT2D eigenvalue weighted by atomic mass is 35.5. The number of nitrogens with zero attached hydrogens (tertiary/aromatic N) is 4. The molecule has 4 rings (SSSR count). The number of halogens is 1. The fourth-order valence-electron chi connectivity index (χ4n) is 3.89. The maximum Gasteiger partial charge on any atom is 0.139 e. The van der Waals surface area contributed by atoms with Crippen molar-refractivity contribution in [3.63, 3.8) is 0 Å². The lowest BCUT2D eigenvalue weighted by Crippen LogP contribution is -2.51. The monoisotopic (exact) mass is 346 g/mol. The van der Waals surface area contributed by atoms with Crippen LogP contribution in [0.3, 0.4) is 0 Å². The van der Waals surface area contributed by atoms with E-state index in [0.29, 0.717) is 17.2 Å². The van der Waals surface area contributed by atoms with Crippen LogP contribution in [-0.4, -0.2) is 59.8 Å². The lowest BCUT2D eigenvalue weighted by Gasteiger charge is -2.42. The van der Waals surface area contributed by atoms with E-state index in [9.17, 15) is 0 Å². The number of hydrogen-bond acceptors (Lipinski definition) is 5. The lowest BCUT2D eigenvalue weighted by molar-refractivity contribution is -0.0373. The minimum Gasteiger partial charge on any atom is -0.376 e. The van der Waals surface area contributed by atoms with E-state index < -0.39 is 0 Å². The topological polar surface area (TPSA) is 41.5 Å². The Morgan fingerprint density at radius 2 is 2.00 bits per heavy atom. The van der Waals surface area contributed by atoms with Crippen molar-refractivity contribution in [1.29, 1.82) is 0 Å². The number of morpholine rings is 1. The fourth-order valence-corrected chi connectivity index (χ4v) is 4.05. The van der Waals surface area contributed by atoms with E-state index >= 15 is 0 Å². The number of rotatable bonds is 2. The number of aromatic nitrogens is 2. The van der Waals surface area contributed by atoms with Gasteiger partial charge in [-0.2, -0.15) is 0 Å². The predicted octanol–water partition coefficient (Wildman–Crippen LogP) is 2.97. The summed E-state index contributed by atoms with van der Waals surface area (Å²) in [4.78, 5) is 13.9. The Balaban J connectivity index is 1.48. The summed E-state index contributed by atoms with van der Waals surface area (Å²) in [5.41, 5.74) is 0.914. The van der Waals surface area contributed by atoms with Crippen molar-refractivity contribution in [2.24, 2.45) is 0 Å². The Kier molecular flexibility index (Phi) is 4.57. The largest absolute Gasteiger partial charge is 0.376 e. The first-order valence-electron chi connectivity index (χ1n) is 8.71. The molecule has 0 radical (unpaired) electrons. The van der Waals surface area contributed by atoms with Crippen molar-refractivity contribution in [2.45, 2.75) is 31.9 Å². The third kappa shape index (κ3) is 3.21. The van der Waals surface area contributed by atoms with E-state index in [-0.39, 0.29) is 0 Å². The van der Waals surface area contributed by atoms with Gasteiger partial charge >= 0.3 is 0 Å². The highest BCUT2D eigenvalue weighted by Crippen LogP contribution is 2.28. The van der Waals surface area contributed by atoms with E-state index in [1.54, 1.807) is 6.33 Å². The maximum absolute atomic E-state index is 6.08. The number of benzene rings is 1. The Morgan fingerprint density at radius 3 is 2.79 bits per heavy atom. The molecule has 2 saturated heterocycles. The minimum atomic E-state index is 0.354. The van der Waals surface area contributed by atoms with Gasteiger partial charge in [-0.15, -0.1) is 0 Å². The molecule has 1 aromatic heterocycles. The zero-order chi connectivity index (χ0) is 16.5. The molecule has 0 saturated carbocycles. The van der Waals surface area contributed by atoms with Gasteiger partial charge in [-0.1, -0.05) is 11.6 Å². The van der Waals surface area contributed by atoms with Crippen LogP contribution < -0.4 is 4.90 Å². The maximum atomic E-state index is 6.08. The van der Waals surface area contributed by atoms with E-state index in [1.807, 2.05) is 18.2 Å². The number of anilines is 1. The molecular weight excluding hydrogens is 324 g/mol. The highest BCUT2D eigenvalue weighted by molar-refractivity contribution is 6.31. The summed E-state index contributed by atoms with van der Waals surface area (Å²) >= 11 is 6.08. The molecule has 2 aromatic rings. The Morgan fingerprint density at radius 1 is 1.17 bits per heavy atom. The predicted molar refractivity (Wildman–Crippen MR) is 96.8 cm³/mol.